The van der Waals surface area contributed by atoms with Gasteiger partial charge in [-0.1, -0.05) is 23.7 Å². The Morgan fingerprint density at radius 3 is 2.80 bits per heavy atom. The van der Waals surface area contributed by atoms with E-state index < -0.39 is 11.9 Å². The summed E-state index contributed by atoms with van der Waals surface area (Å²) in [7, 11) is 1.68. The minimum atomic E-state index is -1.08. The molecule has 0 aliphatic heterocycles. The van der Waals surface area contributed by atoms with Gasteiger partial charge < -0.3 is 9.52 Å². The van der Waals surface area contributed by atoms with Crippen molar-refractivity contribution in [3.05, 3.63) is 52.3 Å². The van der Waals surface area contributed by atoms with E-state index in [1.54, 1.807) is 32.2 Å². The molecule has 3 aromatic rings. The van der Waals surface area contributed by atoms with E-state index in [9.17, 15) is 9.50 Å². The number of para-hydroxylation sites is 1. The largest absolute Gasteiger partial charge is 0.455 e. The highest BCUT2D eigenvalue weighted by Crippen LogP contribution is 2.34. The predicted octanol–water partition coefficient (Wildman–Crippen LogP) is 3.35. The highest BCUT2D eigenvalue weighted by Gasteiger charge is 2.24. The fourth-order valence-electron chi connectivity index (χ4n) is 2.28. The monoisotopic (exact) mass is 294 g/mol. The topological polar surface area (TPSA) is 51.2 Å². The van der Waals surface area contributed by atoms with E-state index in [2.05, 4.69) is 5.10 Å². The molecule has 1 aromatic carbocycles. The molecule has 0 fully saturated rings. The van der Waals surface area contributed by atoms with Gasteiger partial charge in [-0.15, -0.1) is 0 Å². The van der Waals surface area contributed by atoms with Crippen molar-refractivity contribution in [3.8, 4) is 0 Å². The Balaban J connectivity index is 2.13. The van der Waals surface area contributed by atoms with Gasteiger partial charge in [-0.05, 0) is 19.1 Å². The van der Waals surface area contributed by atoms with Crippen molar-refractivity contribution in [2.24, 2.45) is 7.05 Å². The maximum absolute atomic E-state index is 13.6. The summed E-state index contributed by atoms with van der Waals surface area (Å²) in [6, 6.07) is 6.22. The number of nitrogens with zero attached hydrogens (tertiary/aromatic N) is 2. The highest BCUT2D eigenvalue weighted by molar-refractivity contribution is 6.30. The van der Waals surface area contributed by atoms with E-state index in [-0.39, 0.29) is 11.3 Å². The van der Waals surface area contributed by atoms with Gasteiger partial charge >= 0.3 is 0 Å². The minimum absolute atomic E-state index is 0.124. The lowest BCUT2D eigenvalue weighted by atomic mass is 10.1. The lowest BCUT2D eigenvalue weighted by molar-refractivity contribution is 0.191. The Kier molecular flexibility index (Phi) is 3.03. The van der Waals surface area contributed by atoms with Gasteiger partial charge in [-0.2, -0.15) is 5.10 Å². The molecule has 0 aliphatic carbocycles. The van der Waals surface area contributed by atoms with Gasteiger partial charge in [0.1, 0.15) is 17.0 Å². The molecule has 4 nitrogen and oxygen atoms in total. The molecule has 2 aromatic heterocycles. The lowest BCUT2D eigenvalue weighted by Gasteiger charge is -2.07. The number of aryl methyl sites for hydroxylation is 2. The molecule has 104 valence electrons. The van der Waals surface area contributed by atoms with Crippen LogP contribution in [-0.2, 0) is 7.05 Å². The molecule has 0 saturated heterocycles. The maximum atomic E-state index is 13.6. The summed E-state index contributed by atoms with van der Waals surface area (Å²) in [5.74, 6) is -0.224. The minimum Gasteiger partial charge on any atom is -0.455 e. The third-order valence-corrected chi connectivity index (χ3v) is 3.70. The van der Waals surface area contributed by atoms with E-state index in [0.29, 0.717) is 21.8 Å². The van der Waals surface area contributed by atoms with Crippen LogP contribution >= 0.6 is 11.6 Å². The zero-order valence-electron chi connectivity index (χ0n) is 10.9. The van der Waals surface area contributed by atoms with Gasteiger partial charge in [0.25, 0.3) is 0 Å². The molecule has 0 radical (unpaired) electrons. The van der Waals surface area contributed by atoms with Crippen molar-refractivity contribution in [1.29, 1.82) is 0 Å². The number of halogens is 2. The normalized spacial score (nSPS) is 13.1. The molecule has 20 heavy (non-hydrogen) atoms. The molecular formula is C14H12ClFN2O2. The Morgan fingerprint density at radius 1 is 1.45 bits per heavy atom. The van der Waals surface area contributed by atoms with Gasteiger partial charge in [0, 0.05) is 18.0 Å². The number of fused-ring (bicyclic) bond motifs is 1. The van der Waals surface area contributed by atoms with E-state index in [1.165, 1.54) is 10.7 Å². The number of aliphatic hydroxyl groups is 1. The number of rotatable bonds is 2. The number of hydrogen-bond acceptors (Lipinski definition) is 3. The fourth-order valence-corrected chi connectivity index (χ4v) is 2.56. The number of aliphatic hydroxyl groups excluding tert-OH is 1. The van der Waals surface area contributed by atoms with Gasteiger partial charge in [0.2, 0.25) is 0 Å². The number of aromatic nitrogens is 2. The van der Waals surface area contributed by atoms with Crippen LogP contribution in [0.1, 0.15) is 23.1 Å². The smallest absolute Gasteiger partial charge is 0.170 e. The van der Waals surface area contributed by atoms with Crippen LogP contribution in [0.2, 0.25) is 5.15 Å². The summed E-state index contributed by atoms with van der Waals surface area (Å²) in [4.78, 5) is 0. The van der Waals surface area contributed by atoms with Gasteiger partial charge in [0.05, 0.1) is 5.69 Å². The van der Waals surface area contributed by atoms with Gasteiger partial charge in [-0.25, -0.2) is 4.39 Å². The van der Waals surface area contributed by atoms with Crippen LogP contribution in [0.4, 0.5) is 4.39 Å². The summed E-state index contributed by atoms with van der Waals surface area (Å²) < 4.78 is 20.5. The van der Waals surface area contributed by atoms with Crippen molar-refractivity contribution in [2.75, 3.05) is 0 Å². The summed E-state index contributed by atoms with van der Waals surface area (Å²) >= 11 is 6.11. The third kappa shape index (κ3) is 1.90. The molecule has 0 bridgehead atoms. The molecule has 2 heterocycles. The molecule has 0 aliphatic rings. The van der Waals surface area contributed by atoms with Crippen molar-refractivity contribution >= 4 is 22.6 Å². The Labute approximate surface area is 119 Å². The first-order chi connectivity index (χ1) is 9.49. The summed E-state index contributed by atoms with van der Waals surface area (Å²) in [5.41, 5.74) is 1.19. The summed E-state index contributed by atoms with van der Waals surface area (Å²) in [5, 5.41) is 15.5. The predicted molar refractivity (Wildman–Crippen MR) is 73.2 cm³/mol. The molecule has 1 unspecified atom stereocenters. The van der Waals surface area contributed by atoms with Crippen molar-refractivity contribution < 1.29 is 13.9 Å². The molecule has 1 atom stereocenters. The van der Waals surface area contributed by atoms with Crippen LogP contribution in [-0.4, -0.2) is 14.9 Å². The van der Waals surface area contributed by atoms with E-state index >= 15 is 0 Å². The van der Waals surface area contributed by atoms with Crippen molar-refractivity contribution in [3.63, 3.8) is 0 Å². The molecular weight excluding hydrogens is 283 g/mol. The van der Waals surface area contributed by atoms with Crippen molar-refractivity contribution in [1.82, 2.24) is 9.78 Å². The average Bonchev–Trinajstić information content (AvgIpc) is 2.93. The average molecular weight is 295 g/mol. The van der Waals surface area contributed by atoms with Crippen LogP contribution < -0.4 is 0 Å². The highest BCUT2D eigenvalue weighted by atomic mass is 35.5. The van der Waals surface area contributed by atoms with E-state index in [1.807, 2.05) is 0 Å². The van der Waals surface area contributed by atoms with Gasteiger partial charge in [-0.3, -0.25) is 4.68 Å². The number of hydrogen-bond donors (Lipinski definition) is 1. The first-order valence-corrected chi connectivity index (χ1v) is 6.42. The lowest BCUT2D eigenvalue weighted by Crippen LogP contribution is -1.99. The van der Waals surface area contributed by atoms with Crippen LogP contribution in [0.15, 0.2) is 28.7 Å². The standard InChI is InChI=1S/C14H12ClFN2O2/c1-7-11(14(15)18(2)17-7)12(19)10-6-8-4-3-5-9(16)13(8)20-10/h3-6,12,19H,1-2H3. The first kappa shape index (κ1) is 13.1. The SMILES string of the molecule is Cc1nn(C)c(Cl)c1C(O)c1cc2cccc(F)c2o1. The molecule has 3 rings (SSSR count). The summed E-state index contributed by atoms with van der Waals surface area (Å²) in [6.45, 7) is 1.74. The maximum Gasteiger partial charge on any atom is 0.170 e. The Bertz CT molecular complexity index is 794. The zero-order valence-corrected chi connectivity index (χ0v) is 11.6. The third-order valence-electron chi connectivity index (χ3n) is 3.25. The second-order valence-corrected chi connectivity index (χ2v) is 4.98. The molecule has 0 spiro atoms. The van der Waals surface area contributed by atoms with Crippen molar-refractivity contribution in [2.45, 2.75) is 13.0 Å². The summed E-state index contributed by atoms with van der Waals surface area (Å²) in [6.07, 6.45) is -1.08. The molecule has 0 saturated carbocycles. The Morgan fingerprint density at radius 2 is 2.20 bits per heavy atom. The first-order valence-electron chi connectivity index (χ1n) is 6.04. The van der Waals surface area contributed by atoms with E-state index in [4.69, 9.17) is 16.0 Å². The van der Waals surface area contributed by atoms with E-state index in [0.717, 1.165) is 0 Å². The number of benzene rings is 1. The second kappa shape index (κ2) is 4.61. The Hall–Kier alpha value is -1.85. The molecule has 6 heteroatoms. The van der Waals surface area contributed by atoms with Crippen LogP contribution in [0.3, 0.4) is 0 Å². The van der Waals surface area contributed by atoms with Crippen LogP contribution in [0.5, 0.6) is 0 Å². The molecule has 1 N–H and O–H groups in total. The number of furan rings is 1. The van der Waals surface area contributed by atoms with Gasteiger partial charge in [0.15, 0.2) is 11.4 Å². The molecule has 0 amide bonds. The van der Waals surface area contributed by atoms with Crippen LogP contribution in [0.25, 0.3) is 11.0 Å². The van der Waals surface area contributed by atoms with Crippen LogP contribution in [0, 0.1) is 12.7 Å². The fraction of sp³-hybridized carbons (Fsp3) is 0.214. The quantitative estimate of drug-likeness (QED) is 0.788. The second-order valence-electron chi connectivity index (χ2n) is 4.62. The zero-order chi connectivity index (χ0) is 14.4.